The van der Waals surface area contributed by atoms with Crippen LogP contribution in [0, 0.1) is 10.1 Å². The Morgan fingerprint density at radius 1 is 1.44 bits per heavy atom. The SMILES string of the molecule is C[C@@H](C[S@](C)=O)Nc1c(Cl)cc([N+](=O)[O-])cc1Cl. The van der Waals surface area contributed by atoms with Crippen LogP contribution in [0.25, 0.3) is 0 Å². The highest BCUT2D eigenvalue weighted by molar-refractivity contribution is 7.84. The van der Waals surface area contributed by atoms with E-state index >= 15 is 0 Å². The first kappa shape index (κ1) is 15.2. The van der Waals surface area contributed by atoms with Crippen molar-refractivity contribution < 1.29 is 9.13 Å². The molecule has 0 aliphatic heterocycles. The lowest BCUT2D eigenvalue weighted by atomic mass is 10.2. The summed E-state index contributed by atoms with van der Waals surface area (Å²) >= 11 is 11.9. The Morgan fingerprint density at radius 3 is 2.33 bits per heavy atom. The van der Waals surface area contributed by atoms with E-state index in [1.165, 1.54) is 12.1 Å². The molecular weight excluding hydrogens is 299 g/mol. The zero-order valence-electron chi connectivity index (χ0n) is 9.78. The van der Waals surface area contributed by atoms with Crippen LogP contribution in [0.2, 0.25) is 10.0 Å². The van der Waals surface area contributed by atoms with Gasteiger partial charge in [0.2, 0.25) is 0 Å². The topological polar surface area (TPSA) is 72.2 Å². The predicted molar refractivity (Wildman–Crippen MR) is 75.1 cm³/mol. The summed E-state index contributed by atoms with van der Waals surface area (Å²) in [5.41, 5.74) is 0.254. The first-order valence-corrected chi connectivity index (χ1v) is 7.49. The number of hydrogen-bond acceptors (Lipinski definition) is 4. The van der Waals surface area contributed by atoms with E-state index in [0.29, 0.717) is 11.4 Å². The molecule has 0 amide bonds. The minimum Gasteiger partial charge on any atom is -0.379 e. The summed E-state index contributed by atoms with van der Waals surface area (Å²) in [4.78, 5) is 10.0. The number of hydrogen-bond donors (Lipinski definition) is 1. The van der Waals surface area contributed by atoms with Crippen LogP contribution in [0.15, 0.2) is 12.1 Å². The molecule has 0 aliphatic rings. The van der Waals surface area contributed by atoms with Gasteiger partial charge >= 0.3 is 0 Å². The van der Waals surface area contributed by atoms with Gasteiger partial charge in [-0.3, -0.25) is 14.3 Å². The van der Waals surface area contributed by atoms with Crippen molar-refractivity contribution in [3.8, 4) is 0 Å². The van der Waals surface area contributed by atoms with Crippen molar-refractivity contribution in [3.05, 3.63) is 32.3 Å². The maximum Gasteiger partial charge on any atom is 0.272 e. The van der Waals surface area contributed by atoms with Crippen LogP contribution in [0.4, 0.5) is 11.4 Å². The molecule has 8 heteroatoms. The Bertz CT molecular complexity index is 473. The molecule has 1 N–H and O–H groups in total. The van der Waals surface area contributed by atoms with Crippen molar-refractivity contribution in [1.29, 1.82) is 0 Å². The zero-order chi connectivity index (χ0) is 13.9. The Balaban J connectivity index is 2.96. The third kappa shape index (κ3) is 4.12. The van der Waals surface area contributed by atoms with Gasteiger partial charge in [0.25, 0.3) is 5.69 Å². The predicted octanol–water partition coefficient (Wildman–Crippen LogP) is 3.08. The van der Waals surface area contributed by atoms with Gasteiger partial charge in [0, 0.05) is 41.0 Å². The van der Waals surface area contributed by atoms with E-state index in [9.17, 15) is 14.3 Å². The summed E-state index contributed by atoms with van der Waals surface area (Å²) in [5, 5.41) is 13.9. The highest BCUT2D eigenvalue weighted by Crippen LogP contribution is 2.35. The van der Waals surface area contributed by atoms with E-state index in [2.05, 4.69) is 5.32 Å². The van der Waals surface area contributed by atoms with Gasteiger partial charge in [0.05, 0.1) is 20.7 Å². The molecule has 1 aromatic carbocycles. The van der Waals surface area contributed by atoms with Crippen molar-refractivity contribution in [3.63, 3.8) is 0 Å². The number of nitrogens with zero attached hydrogens (tertiary/aromatic N) is 1. The number of anilines is 1. The molecule has 0 saturated heterocycles. The molecule has 100 valence electrons. The van der Waals surface area contributed by atoms with Gasteiger partial charge in [-0.2, -0.15) is 0 Å². The molecule has 0 unspecified atom stereocenters. The monoisotopic (exact) mass is 310 g/mol. The highest BCUT2D eigenvalue weighted by Gasteiger charge is 2.16. The normalized spacial score (nSPS) is 14.0. The molecule has 18 heavy (non-hydrogen) atoms. The molecule has 2 atom stereocenters. The lowest BCUT2D eigenvalue weighted by molar-refractivity contribution is -0.384. The van der Waals surface area contributed by atoms with E-state index < -0.39 is 15.7 Å². The van der Waals surface area contributed by atoms with E-state index in [0.717, 1.165) is 0 Å². The van der Waals surface area contributed by atoms with Crippen LogP contribution in [-0.4, -0.2) is 27.2 Å². The number of nitrogens with one attached hydrogen (secondary N) is 1. The van der Waals surface area contributed by atoms with Crippen LogP contribution in [0.3, 0.4) is 0 Å². The Morgan fingerprint density at radius 2 is 1.94 bits per heavy atom. The summed E-state index contributed by atoms with van der Waals surface area (Å²) in [5.74, 6) is 0.434. The van der Waals surface area contributed by atoms with Gasteiger partial charge in [-0.15, -0.1) is 0 Å². The Kier molecular flexibility index (Phi) is 5.37. The van der Waals surface area contributed by atoms with Gasteiger partial charge < -0.3 is 5.32 Å². The van der Waals surface area contributed by atoms with Gasteiger partial charge in [-0.05, 0) is 6.92 Å². The quantitative estimate of drug-likeness (QED) is 0.670. The summed E-state index contributed by atoms with van der Waals surface area (Å²) in [6, 6.07) is 2.35. The van der Waals surface area contributed by atoms with Crippen LogP contribution >= 0.6 is 23.2 Å². The standard InChI is InChI=1S/C10H12Cl2N2O3S/c1-6(5-18(2)17)13-10-8(11)3-7(14(15)16)4-9(10)12/h3-4,6,13H,5H2,1-2H3/t6-,18-/m0/s1. The fraction of sp³-hybridized carbons (Fsp3) is 0.400. The fourth-order valence-corrected chi connectivity index (χ4v) is 2.82. The van der Waals surface area contributed by atoms with Crippen molar-refractivity contribution in [2.75, 3.05) is 17.3 Å². The van der Waals surface area contributed by atoms with Crippen LogP contribution in [0.5, 0.6) is 0 Å². The fourth-order valence-electron chi connectivity index (χ4n) is 1.44. The van der Waals surface area contributed by atoms with Crippen molar-refractivity contribution >= 4 is 45.4 Å². The second kappa shape index (κ2) is 6.36. The largest absolute Gasteiger partial charge is 0.379 e. The minimum absolute atomic E-state index is 0.104. The first-order valence-electron chi connectivity index (χ1n) is 5.01. The van der Waals surface area contributed by atoms with E-state index in [-0.39, 0.29) is 21.8 Å². The Labute approximate surface area is 117 Å². The molecular formula is C10H12Cl2N2O3S. The number of non-ortho nitro benzene ring substituents is 1. The van der Waals surface area contributed by atoms with Gasteiger partial charge in [-0.25, -0.2) is 0 Å². The molecule has 1 aromatic rings. The summed E-state index contributed by atoms with van der Waals surface area (Å²) in [7, 11) is -0.951. The molecule has 0 radical (unpaired) electrons. The maximum atomic E-state index is 11.1. The molecule has 0 spiro atoms. The molecule has 5 nitrogen and oxygen atoms in total. The summed E-state index contributed by atoms with van der Waals surface area (Å²) in [6.07, 6.45) is 1.59. The highest BCUT2D eigenvalue weighted by atomic mass is 35.5. The molecule has 0 bridgehead atoms. The molecule has 0 fully saturated rings. The molecule has 0 heterocycles. The number of halogens is 2. The number of nitro benzene ring substituents is 1. The third-order valence-electron chi connectivity index (χ3n) is 2.11. The number of benzene rings is 1. The van der Waals surface area contributed by atoms with Crippen molar-refractivity contribution in [2.24, 2.45) is 0 Å². The number of nitro groups is 1. The lowest BCUT2D eigenvalue weighted by Gasteiger charge is -2.16. The average Bonchev–Trinajstić information content (AvgIpc) is 2.21. The second-order valence-electron chi connectivity index (χ2n) is 3.83. The van der Waals surface area contributed by atoms with E-state index in [1.807, 2.05) is 6.92 Å². The summed E-state index contributed by atoms with van der Waals surface area (Å²) < 4.78 is 11.1. The Hall–Kier alpha value is -0.850. The maximum absolute atomic E-state index is 11.1. The number of rotatable bonds is 5. The van der Waals surface area contributed by atoms with Crippen molar-refractivity contribution in [1.82, 2.24) is 0 Å². The molecule has 1 rings (SSSR count). The van der Waals surface area contributed by atoms with Gasteiger partial charge in [0.1, 0.15) is 0 Å². The molecule has 0 aliphatic carbocycles. The lowest BCUT2D eigenvalue weighted by Crippen LogP contribution is -2.22. The average molecular weight is 311 g/mol. The van der Waals surface area contributed by atoms with Crippen LogP contribution in [-0.2, 0) is 10.8 Å². The van der Waals surface area contributed by atoms with Gasteiger partial charge in [0.15, 0.2) is 0 Å². The van der Waals surface area contributed by atoms with Crippen LogP contribution in [0.1, 0.15) is 6.92 Å². The summed E-state index contributed by atoms with van der Waals surface area (Å²) in [6.45, 7) is 1.83. The van der Waals surface area contributed by atoms with Gasteiger partial charge in [-0.1, -0.05) is 23.2 Å². The zero-order valence-corrected chi connectivity index (χ0v) is 12.1. The van der Waals surface area contributed by atoms with E-state index in [1.54, 1.807) is 6.26 Å². The first-order chi connectivity index (χ1) is 8.31. The molecule has 0 saturated carbocycles. The minimum atomic E-state index is -0.951. The van der Waals surface area contributed by atoms with Crippen LogP contribution < -0.4 is 5.32 Å². The second-order valence-corrected chi connectivity index (χ2v) is 6.12. The molecule has 0 aromatic heterocycles. The smallest absolute Gasteiger partial charge is 0.272 e. The third-order valence-corrected chi connectivity index (χ3v) is 3.68. The van der Waals surface area contributed by atoms with E-state index in [4.69, 9.17) is 23.2 Å². The van der Waals surface area contributed by atoms with Crippen molar-refractivity contribution in [2.45, 2.75) is 13.0 Å².